The molecule has 0 spiro atoms. The summed E-state index contributed by atoms with van der Waals surface area (Å²) in [6.45, 7) is 7.26. The van der Waals surface area contributed by atoms with E-state index < -0.39 is 38.6 Å². The maximum Gasteiger partial charge on any atom is 0.411 e. The minimum atomic E-state index is -4.11. The number of sulfone groups is 1. The van der Waals surface area contributed by atoms with Gasteiger partial charge in [0.2, 0.25) is 15.7 Å². The molecule has 158 valence electrons. The minimum absolute atomic E-state index is 0.140. The van der Waals surface area contributed by atoms with Crippen molar-refractivity contribution in [2.24, 2.45) is 0 Å². The van der Waals surface area contributed by atoms with Crippen molar-refractivity contribution in [2.45, 2.75) is 43.6 Å². The Balaban J connectivity index is 2.02. The van der Waals surface area contributed by atoms with Gasteiger partial charge in [-0.05, 0) is 50.1 Å². The van der Waals surface area contributed by atoms with Crippen LogP contribution in [0.2, 0.25) is 0 Å². The van der Waals surface area contributed by atoms with Gasteiger partial charge in [-0.1, -0.05) is 0 Å². The summed E-state index contributed by atoms with van der Waals surface area (Å²) in [6, 6.07) is 3.18. The number of hydrogen-bond donors (Lipinski definition) is 2. The van der Waals surface area contributed by atoms with E-state index in [9.17, 15) is 22.4 Å². The molecule has 1 aromatic rings. The van der Waals surface area contributed by atoms with Crippen LogP contribution < -0.4 is 10.6 Å². The highest BCUT2D eigenvalue weighted by atomic mass is 32.2. The second kappa shape index (κ2) is 7.42. The van der Waals surface area contributed by atoms with Gasteiger partial charge in [-0.25, -0.2) is 17.6 Å². The second-order valence-corrected chi connectivity index (χ2v) is 10.1. The zero-order chi connectivity index (χ0) is 21.6. The van der Waals surface area contributed by atoms with Crippen molar-refractivity contribution < 1.29 is 27.1 Å². The summed E-state index contributed by atoms with van der Waals surface area (Å²) in [6.07, 6.45) is -0.732. The first-order valence-corrected chi connectivity index (χ1v) is 10.7. The first-order valence-electron chi connectivity index (χ1n) is 9.12. The normalized spacial score (nSPS) is 19.3. The van der Waals surface area contributed by atoms with Gasteiger partial charge >= 0.3 is 6.09 Å². The van der Waals surface area contributed by atoms with Crippen LogP contribution in [0.5, 0.6) is 0 Å². The van der Waals surface area contributed by atoms with E-state index in [4.69, 9.17) is 4.74 Å². The van der Waals surface area contributed by atoms with Crippen molar-refractivity contribution in [1.29, 1.82) is 0 Å². The molecule has 2 aliphatic heterocycles. The Morgan fingerprint density at radius 2 is 1.97 bits per heavy atom. The van der Waals surface area contributed by atoms with Crippen LogP contribution >= 0.6 is 0 Å². The van der Waals surface area contributed by atoms with Gasteiger partial charge in [-0.2, -0.15) is 0 Å². The molecule has 0 saturated carbocycles. The number of nitrogens with zero attached hydrogens (tertiary/aromatic N) is 1. The largest absolute Gasteiger partial charge is 0.444 e. The lowest BCUT2D eigenvalue weighted by molar-refractivity contribution is -0.114. The first-order chi connectivity index (χ1) is 13.4. The molecular formula is C19H24FN3O5S. The molecule has 1 atom stereocenters. The number of hydrogen-bond acceptors (Lipinski definition) is 6. The van der Waals surface area contributed by atoms with Crippen molar-refractivity contribution in [3.05, 3.63) is 35.2 Å². The number of amides is 2. The Kier molecular flexibility index (Phi) is 5.44. The minimum Gasteiger partial charge on any atom is -0.444 e. The van der Waals surface area contributed by atoms with E-state index in [1.807, 2.05) is 0 Å². The Labute approximate surface area is 169 Å². The standard InChI is InChI=1S/C19H24FN3O5S/c1-11(24)22-16-7-13(5-6-15(16)20)29(26,27)17-14-9-21-8-12(14)10-23(17)18(25)28-19(2,3)4/h5-7,17,21H,8-10H2,1-4H3,(H,22,24). The first kappa shape index (κ1) is 21.3. The van der Waals surface area contributed by atoms with Crippen molar-refractivity contribution in [3.63, 3.8) is 0 Å². The lowest BCUT2D eigenvalue weighted by Crippen LogP contribution is -2.46. The number of anilines is 1. The van der Waals surface area contributed by atoms with Gasteiger partial charge in [0.25, 0.3) is 0 Å². The molecule has 0 saturated heterocycles. The van der Waals surface area contributed by atoms with Crippen molar-refractivity contribution >= 4 is 27.5 Å². The van der Waals surface area contributed by atoms with E-state index in [0.717, 1.165) is 23.8 Å². The third-order valence-electron chi connectivity index (χ3n) is 4.55. The van der Waals surface area contributed by atoms with Crippen molar-refractivity contribution in [3.8, 4) is 0 Å². The molecule has 2 amide bonds. The summed E-state index contributed by atoms with van der Waals surface area (Å²) in [5.41, 5.74) is 0.402. The van der Waals surface area contributed by atoms with Crippen LogP contribution in [0.15, 0.2) is 34.2 Å². The summed E-state index contributed by atoms with van der Waals surface area (Å²) in [4.78, 5) is 25.0. The average Bonchev–Trinajstić information content (AvgIpc) is 3.15. The highest BCUT2D eigenvalue weighted by Crippen LogP contribution is 2.36. The number of ether oxygens (including phenoxy) is 1. The van der Waals surface area contributed by atoms with E-state index >= 15 is 0 Å². The van der Waals surface area contributed by atoms with Crippen LogP contribution in [0.1, 0.15) is 27.7 Å². The third-order valence-corrected chi connectivity index (χ3v) is 6.59. The average molecular weight is 425 g/mol. The summed E-state index contributed by atoms with van der Waals surface area (Å²) in [5, 5.41) is 4.13. The zero-order valence-corrected chi connectivity index (χ0v) is 17.5. The second-order valence-electron chi connectivity index (χ2n) is 8.06. The molecule has 0 aliphatic carbocycles. The SMILES string of the molecule is CC(=O)Nc1cc(S(=O)(=O)C2C3=C(CNC3)CN2C(=O)OC(C)(C)C)ccc1F. The van der Waals surface area contributed by atoms with Gasteiger partial charge in [0.05, 0.1) is 10.6 Å². The summed E-state index contributed by atoms with van der Waals surface area (Å²) in [5.74, 6) is -1.28. The van der Waals surface area contributed by atoms with E-state index in [1.54, 1.807) is 20.8 Å². The van der Waals surface area contributed by atoms with Gasteiger partial charge in [0.15, 0.2) is 5.37 Å². The van der Waals surface area contributed by atoms with Gasteiger partial charge < -0.3 is 15.4 Å². The molecule has 2 heterocycles. The number of carbonyl (C=O) groups is 2. The molecule has 1 unspecified atom stereocenters. The fourth-order valence-corrected chi connectivity index (χ4v) is 5.33. The zero-order valence-electron chi connectivity index (χ0n) is 16.7. The Hall–Kier alpha value is -2.46. The van der Waals surface area contributed by atoms with Crippen LogP contribution in [0.3, 0.4) is 0 Å². The molecule has 0 radical (unpaired) electrons. The molecular weight excluding hydrogens is 401 g/mol. The number of rotatable bonds is 3. The van der Waals surface area contributed by atoms with Crippen molar-refractivity contribution in [2.75, 3.05) is 25.0 Å². The van der Waals surface area contributed by atoms with E-state index in [2.05, 4.69) is 10.6 Å². The Morgan fingerprint density at radius 1 is 1.28 bits per heavy atom. The molecule has 2 N–H and O–H groups in total. The lowest BCUT2D eigenvalue weighted by Gasteiger charge is -2.30. The van der Waals surface area contributed by atoms with Crippen molar-refractivity contribution in [1.82, 2.24) is 10.2 Å². The van der Waals surface area contributed by atoms with Crippen LogP contribution in [0, 0.1) is 5.82 Å². The molecule has 1 aromatic carbocycles. The lowest BCUT2D eigenvalue weighted by atomic mass is 10.2. The fourth-order valence-electron chi connectivity index (χ4n) is 3.41. The predicted octanol–water partition coefficient (Wildman–Crippen LogP) is 2.03. The van der Waals surface area contributed by atoms with Crippen LogP contribution in [-0.4, -0.2) is 55.9 Å². The molecule has 10 heteroatoms. The molecule has 0 fully saturated rings. The summed E-state index contributed by atoms with van der Waals surface area (Å²) < 4.78 is 46.3. The highest BCUT2D eigenvalue weighted by molar-refractivity contribution is 7.92. The number of nitrogens with one attached hydrogen (secondary N) is 2. The number of benzene rings is 1. The predicted molar refractivity (Wildman–Crippen MR) is 105 cm³/mol. The van der Waals surface area contributed by atoms with Gasteiger partial charge in [0.1, 0.15) is 11.4 Å². The van der Waals surface area contributed by atoms with E-state index in [-0.39, 0.29) is 17.1 Å². The van der Waals surface area contributed by atoms with Crippen LogP contribution in [0.25, 0.3) is 0 Å². The van der Waals surface area contributed by atoms with E-state index in [1.165, 1.54) is 11.8 Å². The topological polar surface area (TPSA) is 105 Å². The van der Waals surface area contributed by atoms with Crippen LogP contribution in [0.4, 0.5) is 14.9 Å². The quantitative estimate of drug-likeness (QED) is 0.567. The number of halogens is 1. The van der Waals surface area contributed by atoms with Gasteiger partial charge in [0, 0.05) is 26.6 Å². The van der Waals surface area contributed by atoms with Gasteiger partial charge in [-0.15, -0.1) is 0 Å². The Morgan fingerprint density at radius 3 is 2.59 bits per heavy atom. The summed E-state index contributed by atoms with van der Waals surface area (Å²) in [7, 11) is -4.11. The summed E-state index contributed by atoms with van der Waals surface area (Å²) >= 11 is 0. The smallest absolute Gasteiger partial charge is 0.411 e. The Bertz CT molecular complexity index is 998. The number of carbonyl (C=O) groups excluding carboxylic acids is 2. The van der Waals surface area contributed by atoms with Crippen LogP contribution in [-0.2, 0) is 19.4 Å². The monoisotopic (exact) mass is 425 g/mol. The molecule has 29 heavy (non-hydrogen) atoms. The fraction of sp³-hybridized carbons (Fsp3) is 0.474. The van der Waals surface area contributed by atoms with Gasteiger partial charge in [-0.3, -0.25) is 9.69 Å². The molecule has 8 nitrogen and oxygen atoms in total. The maximum absolute atomic E-state index is 14.0. The maximum atomic E-state index is 14.0. The molecule has 3 rings (SSSR count). The molecule has 0 bridgehead atoms. The third kappa shape index (κ3) is 4.27. The highest BCUT2D eigenvalue weighted by Gasteiger charge is 2.47. The molecule has 2 aliphatic rings. The molecule has 0 aromatic heterocycles. The van der Waals surface area contributed by atoms with E-state index in [0.29, 0.717) is 18.7 Å².